The standard InChI is InChI=1S/C22H24N4O2/c1-14-10-11-20(28-4)18(12-14)26-22(27)19-13-21(25-16(3)24-19)23-15(2)17-8-6-5-7-9-17/h5-13,15H,1-4H3,(H,26,27)(H,23,24,25). The summed E-state index contributed by atoms with van der Waals surface area (Å²) in [4.78, 5) is 21.5. The molecule has 1 heterocycles. The third-order valence-corrected chi connectivity index (χ3v) is 4.34. The van der Waals surface area contributed by atoms with Gasteiger partial charge in [0.25, 0.3) is 5.91 Å². The maximum atomic E-state index is 12.8. The number of hydrogen-bond donors (Lipinski definition) is 2. The second kappa shape index (κ2) is 8.52. The monoisotopic (exact) mass is 376 g/mol. The predicted octanol–water partition coefficient (Wildman–Crippen LogP) is 4.53. The number of carbonyl (C=O) groups is 1. The fourth-order valence-electron chi connectivity index (χ4n) is 2.91. The largest absolute Gasteiger partial charge is 0.495 e. The second-order valence-electron chi connectivity index (χ2n) is 6.62. The van der Waals surface area contributed by atoms with Gasteiger partial charge in [-0.3, -0.25) is 4.79 Å². The van der Waals surface area contributed by atoms with E-state index in [0.29, 0.717) is 28.8 Å². The Morgan fingerprint density at radius 3 is 2.50 bits per heavy atom. The number of carbonyl (C=O) groups excluding carboxylic acids is 1. The summed E-state index contributed by atoms with van der Waals surface area (Å²) in [5.41, 5.74) is 3.05. The molecule has 0 radical (unpaired) electrons. The van der Waals surface area contributed by atoms with Crippen molar-refractivity contribution in [3.63, 3.8) is 0 Å². The molecule has 2 aromatic carbocycles. The minimum atomic E-state index is -0.315. The van der Waals surface area contributed by atoms with Crippen molar-refractivity contribution in [2.75, 3.05) is 17.7 Å². The molecule has 0 aliphatic carbocycles. The molecule has 0 saturated carbocycles. The number of aromatic nitrogens is 2. The van der Waals surface area contributed by atoms with Crippen molar-refractivity contribution in [2.24, 2.45) is 0 Å². The van der Waals surface area contributed by atoms with Crippen LogP contribution in [0, 0.1) is 13.8 Å². The summed E-state index contributed by atoms with van der Waals surface area (Å²) < 4.78 is 5.33. The first-order valence-corrected chi connectivity index (χ1v) is 9.09. The van der Waals surface area contributed by atoms with Crippen molar-refractivity contribution < 1.29 is 9.53 Å². The van der Waals surface area contributed by atoms with E-state index in [-0.39, 0.29) is 11.9 Å². The Balaban J connectivity index is 1.81. The first-order chi connectivity index (χ1) is 13.5. The van der Waals surface area contributed by atoms with E-state index in [1.54, 1.807) is 20.1 Å². The third kappa shape index (κ3) is 4.65. The SMILES string of the molecule is COc1ccc(C)cc1NC(=O)c1cc(NC(C)c2ccccc2)nc(C)n1. The summed E-state index contributed by atoms with van der Waals surface area (Å²) in [5, 5.41) is 6.21. The van der Waals surface area contributed by atoms with Crippen molar-refractivity contribution in [1.29, 1.82) is 0 Å². The van der Waals surface area contributed by atoms with Gasteiger partial charge in [-0.25, -0.2) is 9.97 Å². The number of benzene rings is 2. The number of rotatable bonds is 6. The van der Waals surface area contributed by atoms with Gasteiger partial charge in [0.1, 0.15) is 23.1 Å². The Hall–Kier alpha value is -3.41. The van der Waals surface area contributed by atoms with Crippen molar-refractivity contribution in [2.45, 2.75) is 26.8 Å². The molecule has 1 aromatic heterocycles. The fourth-order valence-corrected chi connectivity index (χ4v) is 2.91. The minimum Gasteiger partial charge on any atom is -0.495 e. The lowest BCUT2D eigenvalue weighted by Crippen LogP contribution is -2.17. The van der Waals surface area contributed by atoms with E-state index in [2.05, 4.69) is 20.6 Å². The molecule has 6 nitrogen and oxygen atoms in total. The van der Waals surface area contributed by atoms with Crippen LogP contribution in [0.3, 0.4) is 0 Å². The van der Waals surface area contributed by atoms with Gasteiger partial charge >= 0.3 is 0 Å². The highest BCUT2D eigenvalue weighted by Gasteiger charge is 2.15. The van der Waals surface area contributed by atoms with Gasteiger partial charge in [0.05, 0.1) is 12.8 Å². The number of hydrogen-bond acceptors (Lipinski definition) is 5. The molecule has 0 aliphatic rings. The summed E-state index contributed by atoms with van der Waals surface area (Å²) in [6, 6.07) is 17.4. The van der Waals surface area contributed by atoms with E-state index in [0.717, 1.165) is 11.1 Å². The fraction of sp³-hybridized carbons (Fsp3) is 0.227. The number of nitrogens with zero attached hydrogens (tertiary/aromatic N) is 2. The molecule has 0 saturated heterocycles. The maximum absolute atomic E-state index is 12.8. The Bertz CT molecular complexity index is 974. The molecule has 6 heteroatoms. The van der Waals surface area contributed by atoms with Crippen LogP contribution >= 0.6 is 0 Å². The lowest BCUT2D eigenvalue weighted by atomic mass is 10.1. The number of nitrogens with one attached hydrogen (secondary N) is 2. The van der Waals surface area contributed by atoms with E-state index in [9.17, 15) is 4.79 Å². The number of anilines is 2. The van der Waals surface area contributed by atoms with E-state index in [1.165, 1.54) is 0 Å². The molecule has 0 bridgehead atoms. The minimum absolute atomic E-state index is 0.0447. The normalized spacial score (nSPS) is 11.6. The van der Waals surface area contributed by atoms with Gasteiger partial charge in [0.2, 0.25) is 0 Å². The first kappa shape index (κ1) is 19.4. The van der Waals surface area contributed by atoms with Gasteiger partial charge in [-0.15, -0.1) is 0 Å². The summed E-state index contributed by atoms with van der Waals surface area (Å²) in [5.74, 6) is 1.41. The van der Waals surface area contributed by atoms with Gasteiger partial charge < -0.3 is 15.4 Å². The van der Waals surface area contributed by atoms with Crippen LogP contribution in [0.5, 0.6) is 5.75 Å². The average molecular weight is 376 g/mol. The zero-order chi connectivity index (χ0) is 20.1. The molecule has 28 heavy (non-hydrogen) atoms. The van der Waals surface area contributed by atoms with Gasteiger partial charge in [-0.1, -0.05) is 36.4 Å². The molecule has 1 atom stereocenters. The van der Waals surface area contributed by atoms with Crippen LogP contribution < -0.4 is 15.4 Å². The van der Waals surface area contributed by atoms with Crippen molar-refractivity contribution in [3.8, 4) is 5.75 Å². The third-order valence-electron chi connectivity index (χ3n) is 4.34. The highest BCUT2D eigenvalue weighted by Crippen LogP contribution is 2.26. The summed E-state index contributed by atoms with van der Waals surface area (Å²) >= 11 is 0. The van der Waals surface area contributed by atoms with Gasteiger partial charge in [-0.2, -0.15) is 0 Å². The number of ether oxygens (including phenoxy) is 1. The van der Waals surface area contributed by atoms with Crippen molar-refractivity contribution in [1.82, 2.24) is 9.97 Å². The predicted molar refractivity (Wildman–Crippen MR) is 111 cm³/mol. The van der Waals surface area contributed by atoms with Crippen LogP contribution in [0.1, 0.15) is 40.4 Å². The smallest absolute Gasteiger partial charge is 0.274 e. The van der Waals surface area contributed by atoms with E-state index >= 15 is 0 Å². The van der Waals surface area contributed by atoms with E-state index in [4.69, 9.17) is 4.74 Å². The Morgan fingerprint density at radius 2 is 1.79 bits per heavy atom. The van der Waals surface area contributed by atoms with Crippen LogP contribution in [-0.2, 0) is 0 Å². The molecule has 3 rings (SSSR count). The Morgan fingerprint density at radius 1 is 1.04 bits per heavy atom. The van der Waals surface area contributed by atoms with Crippen LogP contribution in [0.15, 0.2) is 54.6 Å². The molecule has 1 amide bonds. The van der Waals surface area contributed by atoms with Gasteiger partial charge in [0, 0.05) is 12.1 Å². The molecule has 0 fully saturated rings. The number of aryl methyl sites for hydroxylation is 2. The van der Waals surface area contributed by atoms with Crippen molar-refractivity contribution in [3.05, 3.63) is 77.2 Å². The topological polar surface area (TPSA) is 76.1 Å². The lowest BCUT2D eigenvalue weighted by molar-refractivity contribution is 0.102. The summed E-state index contributed by atoms with van der Waals surface area (Å²) in [6.45, 7) is 5.77. The Kier molecular flexibility index (Phi) is 5.89. The quantitative estimate of drug-likeness (QED) is 0.661. The zero-order valence-electron chi connectivity index (χ0n) is 16.5. The van der Waals surface area contributed by atoms with E-state index < -0.39 is 0 Å². The molecule has 2 N–H and O–H groups in total. The second-order valence-corrected chi connectivity index (χ2v) is 6.62. The van der Waals surface area contributed by atoms with E-state index in [1.807, 2.05) is 62.4 Å². The number of amides is 1. The average Bonchev–Trinajstić information content (AvgIpc) is 2.68. The van der Waals surface area contributed by atoms with Crippen molar-refractivity contribution >= 4 is 17.4 Å². The van der Waals surface area contributed by atoms with Crippen LogP contribution in [0.2, 0.25) is 0 Å². The lowest BCUT2D eigenvalue weighted by Gasteiger charge is -2.16. The molecular formula is C22H24N4O2. The summed E-state index contributed by atoms with van der Waals surface area (Å²) in [6.07, 6.45) is 0. The van der Waals surface area contributed by atoms with Crippen LogP contribution in [0.25, 0.3) is 0 Å². The van der Waals surface area contributed by atoms with Crippen LogP contribution in [0.4, 0.5) is 11.5 Å². The van der Waals surface area contributed by atoms with Gasteiger partial charge in [0.15, 0.2) is 0 Å². The highest BCUT2D eigenvalue weighted by atomic mass is 16.5. The molecule has 3 aromatic rings. The zero-order valence-corrected chi connectivity index (χ0v) is 16.5. The molecule has 0 aliphatic heterocycles. The Labute approximate surface area is 165 Å². The summed E-state index contributed by atoms with van der Waals surface area (Å²) in [7, 11) is 1.57. The molecule has 1 unspecified atom stereocenters. The highest BCUT2D eigenvalue weighted by molar-refractivity contribution is 6.04. The molecule has 0 spiro atoms. The molecular weight excluding hydrogens is 352 g/mol. The van der Waals surface area contributed by atoms with Crippen LogP contribution in [-0.4, -0.2) is 23.0 Å². The van der Waals surface area contributed by atoms with Gasteiger partial charge in [-0.05, 0) is 44.0 Å². The maximum Gasteiger partial charge on any atom is 0.274 e. The molecule has 144 valence electrons. The number of methoxy groups -OCH3 is 1. The first-order valence-electron chi connectivity index (χ1n) is 9.09.